The third kappa shape index (κ3) is 3.69. The Kier molecular flexibility index (Phi) is 5.69. The molecule has 5 heteroatoms. The molecule has 222 valence electrons. The maximum atomic E-state index is 6.73. The Morgan fingerprint density at radius 3 is 1.36 bits per heavy atom. The van der Waals surface area contributed by atoms with E-state index in [2.05, 4.69) is 175 Å². The number of nitrogens with zero attached hydrogens (tertiary/aromatic N) is 1. The summed E-state index contributed by atoms with van der Waals surface area (Å²) in [6.07, 6.45) is 0. The summed E-state index contributed by atoms with van der Waals surface area (Å²) in [6.45, 7) is 0.0441. The molecule has 0 N–H and O–H groups in total. The molecule has 3 nitrogen and oxygen atoms in total. The molecule has 0 fully saturated rings. The molecule has 0 unspecified atom stereocenters. The molecule has 0 aliphatic carbocycles. The zero-order valence-corrected chi connectivity index (χ0v) is 26.7. The number of hydrogen-bond acceptors (Lipinski definition) is 3. The first-order valence-electron chi connectivity index (χ1n) is 16.3. The quantitative estimate of drug-likeness (QED) is 0.251. The zero-order chi connectivity index (χ0) is 31.0. The van der Waals surface area contributed by atoms with E-state index < -0.39 is 8.07 Å². The number of hydrogen-bond donors (Lipinski definition) is 0. The Hall–Kier alpha value is -5.78. The standard InChI is InChI=1S/C42H29BNO2Si/c1-3-15-30(16-4-1)47(31-17-5-2-6-18-31)40-25-13-9-21-34(40)44(35-22-10-14-26-41(35)47)29-27-38-42-39(28-29)46-37-24-12-8-20-33(37)43(42)32-19-7-11-23-36(32)45-38/h1-28,47H/q-1. The van der Waals surface area contributed by atoms with Crippen LogP contribution >= 0.6 is 0 Å². The summed E-state index contributed by atoms with van der Waals surface area (Å²) in [4.78, 5) is 2.42. The van der Waals surface area contributed by atoms with Crippen molar-refractivity contribution in [3.05, 3.63) is 170 Å². The van der Waals surface area contributed by atoms with E-state index in [4.69, 9.17) is 9.47 Å². The van der Waals surface area contributed by atoms with Crippen molar-refractivity contribution in [3.63, 3.8) is 0 Å². The topological polar surface area (TPSA) is 21.7 Å². The zero-order valence-electron chi connectivity index (χ0n) is 25.6. The van der Waals surface area contributed by atoms with E-state index in [9.17, 15) is 0 Å². The Labute approximate surface area is 275 Å². The van der Waals surface area contributed by atoms with E-state index in [0.717, 1.165) is 34.1 Å². The SMILES string of the molecule is c1ccc([SiH-]2(c3ccccc3)c3ccccc3N(c3cc4c5c(c3)Oc3ccccc3B5c3ccccc3O4)c3ccccc32)cc1. The third-order valence-corrected chi connectivity index (χ3v) is 16.0. The van der Waals surface area contributed by atoms with Gasteiger partial charge in [-0.25, -0.2) is 0 Å². The van der Waals surface area contributed by atoms with Crippen LogP contribution in [0.1, 0.15) is 0 Å². The first-order chi connectivity index (χ1) is 23.3. The van der Waals surface area contributed by atoms with Gasteiger partial charge in [-0.15, -0.1) is 0 Å². The van der Waals surface area contributed by atoms with Gasteiger partial charge in [-0.1, -0.05) is 0 Å². The first kappa shape index (κ1) is 26.4. The fourth-order valence-electron chi connectivity index (χ4n) is 8.59. The minimum atomic E-state index is -3.14. The summed E-state index contributed by atoms with van der Waals surface area (Å²) >= 11 is 0. The number of benzene rings is 7. The maximum absolute atomic E-state index is 6.73. The predicted octanol–water partition coefficient (Wildman–Crippen LogP) is 5.31. The average Bonchev–Trinajstić information content (AvgIpc) is 3.14. The van der Waals surface area contributed by atoms with Crippen molar-refractivity contribution < 1.29 is 9.47 Å². The van der Waals surface area contributed by atoms with Gasteiger partial charge in [-0.2, -0.15) is 0 Å². The van der Waals surface area contributed by atoms with Gasteiger partial charge in [0.25, 0.3) is 0 Å². The van der Waals surface area contributed by atoms with E-state index in [1.54, 1.807) is 0 Å². The second kappa shape index (κ2) is 10.1. The molecule has 3 heterocycles. The van der Waals surface area contributed by atoms with Gasteiger partial charge in [0.05, 0.1) is 0 Å². The van der Waals surface area contributed by atoms with Crippen LogP contribution in [0.5, 0.6) is 23.0 Å². The Morgan fingerprint density at radius 1 is 0.426 bits per heavy atom. The molecule has 0 radical (unpaired) electrons. The van der Waals surface area contributed by atoms with Gasteiger partial charge in [0.15, 0.2) is 0 Å². The van der Waals surface area contributed by atoms with Crippen LogP contribution in [0.15, 0.2) is 170 Å². The summed E-state index contributed by atoms with van der Waals surface area (Å²) in [5.74, 6) is 3.47. The Bertz CT molecular complexity index is 2180. The van der Waals surface area contributed by atoms with Crippen LogP contribution in [0, 0.1) is 0 Å². The summed E-state index contributed by atoms with van der Waals surface area (Å²) in [7, 11) is -3.14. The third-order valence-electron chi connectivity index (χ3n) is 10.4. The van der Waals surface area contributed by atoms with Gasteiger partial charge in [-0.3, -0.25) is 0 Å². The molecule has 0 spiro atoms. The molecule has 0 atom stereocenters. The van der Waals surface area contributed by atoms with E-state index >= 15 is 0 Å². The molecular formula is C42H29BNO2Si-. The van der Waals surface area contributed by atoms with E-state index in [0.29, 0.717) is 0 Å². The minimum absolute atomic E-state index is 0.0441. The van der Waals surface area contributed by atoms with Crippen LogP contribution in [0.2, 0.25) is 0 Å². The molecule has 10 rings (SSSR count). The van der Waals surface area contributed by atoms with E-state index in [-0.39, 0.29) is 6.71 Å². The van der Waals surface area contributed by atoms with Gasteiger partial charge >= 0.3 is 276 Å². The van der Waals surface area contributed by atoms with Crippen LogP contribution in [-0.2, 0) is 0 Å². The molecule has 7 aromatic carbocycles. The van der Waals surface area contributed by atoms with Gasteiger partial charge in [-0.05, 0) is 0 Å². The van der Waals surface area contributed by atoms with Crippen molar-refractivity contribution >= 4 is 69.0 Å². The van der Waals surface area contributed by atoms with Gasteiger partial charge < -0.3 is 0 Å². The van der Waals surface area contributed by atoms with Crippen molar-refractivity contribution in [2.45, 2.75) is 0 Å². The van der Waals surface area contributed by atoms with Crippen LogP contribution in [0.4, 0.5) is 17.1 Å². The van der Waals surface area contributed by atoms with Crippen molar-refractivity contribution in [1.29, 1.82) is 0 Å². The molecule has 0 bridgehead atoms. The molecule has 0 saturated heterocycles. The Morgan fingerprint density at radius 2 is 0.851 bits per heavy atom. The summed E-state index contributed by atoms with van der Waals surface area (Å²) in [5.41, 5.74) is 6.83. The van der Waals surface area contributed by atoms with Crippen molar-refractivity contribution in [2.75, 3.05) is 4.90 Å². The first-order valence-corrected chi connectivity index (χ1v) is 18.6. The number of anilines is 3. The van der Waals surface area contributed by atoms with Crippen LogP contribution in [0.25, 0.3) is 0 Å². The van der Waals surface area contributed by atoms with Gasteiger partial charge in [0, 0.05) is 0 Å². The monoisotopic (exact) mass is 618 g/mol. The van der Waals surface area contributed by atoms with Gasteiger partial charge in [0.1, 0.15) is 0 Å². The molecule has 0 aromatic heterocycles. The number of para-hydroxylation sites is 4. The molecule has 47 heavy (non-hydrogen) atoms. The second-order valence-electron chi connectivity index (χ2n) is 12.7. The molecular weight excluding hydrogens is 589 g/mol. The second-order valence-corrected chi connectivity index (χ2v) is 17.0. The van der Waals surface area contributed by atoms with Crippen molar-refractivity contribution in [1.82, 2.24) is 0 Å². The molecule has 3 aliphatic rings. The Balaban J connectivity index is 1.25. The van der Waals surface area contributed by atoms with Crippen molar-refractivity contribution in [3.8, 4) is 23.0 Å². The molecule has 3 aliphatic heterocycles. The van der Waals surface area contributed by atoms with Crippen molar-refractivity contribution in [2.24, 2.45) is 0 Å². The van der Waals surface area contributed by atoms with E-state index in [1.165, 1.54) is 43.0 Å². The normalized spacial score (nSPS) is 15.1. The molecule has 7 aromatic rings. The van der Waals surface area contributed by atoms with Crippen LogP contribution < -0.4 is 51.5 Å². The van der Waals surface area contributed by atoms with E-state index in [1.807, 2.05) is 0 Å². The fraction of sp³-hybridized carbons (Fsp3) is 0. The average molecular weight is 619 g/mol. The number of rotatable bonds is 3. The van der Waals surface area contributed by atoms with Crippen LogP contribution in [0.3, 0.4) is 0 Å². The predicted molar refractivity (Wildman–Crippen MR) is 197 cm³/mol. The summed E-state index contributed by atoms with van der Waals surface area (Å²) in [5, 5.41) is 5.57. The number of fused-ring (bicyclic) bond motifs is 6. The van der Waals surface area contributed by atoms with Gasteiger partial charge in [0.2, 0.25) is 0 Å². The fourth-order valence-corrected chi connectivity index (χ4v) is 14.5. The van der Waals surface area contributed by atoms with Crippen LogP contribution in [-0.4, -0.2) is 14.8 Å². The molecule has 0 amide bonds. The number of ether oxygens (including phenoxy) is 2. The summed E-state index contributed by atoms with van der Waals surface area (Å²) in [6, 6.07) is 61.6. The molecule has 0 saturated carbocycles. The summed E-state index contributed by atoms with van der Waals surface area (Å²) < 4.78 is 13.5.